The molecular formula is C23H26ClN3O2. The third-order valence-corrected chi connectivity index (χ3v) is 4.76. The van der Waals surface area contributed by atoms with Gasteiger partial charge in [-0.3, -0.25) is 4.79 Å². The van der Waals surface area contributed by atoms with Crippen LogP contribution in [0.3, 0.4) is 0 Å². The summed E-state index contributed by atoms with van der Waals surface area (Å²) in [6.07, 6.45) is 0. The van der Waals surface area contributed by atoms with Crippen molar-refractivity contribution in [1.82, 2.24) is 14.7 Å². The second-order valence-corrected chi connectivity index (χ2v) is 7.91. The number of carbonyl (C=O) groups is 1. The van der Waals surface area contributed by atoms with Crippen molar-refractivity contribution >= 4 is 17.5 Å². The molecule has 29 heavy (non-hydrogen) atoms. The first-order valence-electron chi connectivity index (χ1n) is 9.68. The fourth-order valence-corrected chi connectivity index (χ4v) is 3.33. The molecule has 0 N–H and O–H groups in total. The van der Waals surface area contributed by atoms with Gasteiger partial charge in [0.05, 0.1) is 23.5 Å². The average molecular weight is 412 g/mol. The molecule has 0 fully saturated rings. The maximum absolute atomic E-state index is 12.2. The highest BCUT2D eigenvalue weighted by molar-refractivity contribution is 6.30. The maximum Gasteiger partial charge on any atom is 0.227 e. The Kier molecular flexibility index (Phi) is 6.60. The van der Waals surface area contributed by atoms with Crippen LogP contribution in [0.2, 0.25) is 5.02 Å². The van der Waals surface area contributed by atoms with Crippen LogP contribution in [-0.4, -0.2) is 27.1 Å². The van der Waals surface area contributed by atoms with Gasteiger partial charge < -0.3 is 9.64 Å². The highest BCUT2D eigenvalue weighted by Crippen LogP contribution is 2.32. The third-order valence-electron chi connectivity index (χ3n) is 4.53. The van der Waals surface area contributed by atoms with Gasteiger partial charge in [-0.05, 0) is 43.2 Å². The van der Waals surface area contributed by atoms with Gasteiger partial charge in [0.15, 0.2) is 0 Å². The smallest absolute Gasteiger partial charge is 0.227 e. The van der Waals surface area contributed by atoms with Gasteiger partial charge in [0.25, 0.3) is 0 Å². The van der Waals surface area contributed by atoms with E-state index >= 15 is 0 Å². The molecule has 1 aromatic heterocycles. The molecule has 0 spiro atoms. The number of halogens is 1. The van der Waals surface area contributed by atoms with E-state index < -0.39 is 0 Å². The van der Waals surface area contributed by atoms with Crippen LogP contribution in [0.4, 0.5) is 0 Å². The van der Waals surface area contributed by atoms with E-state index in [2.05, 4.69) is 13.8 Å². The SMILES string of the molecule is CC(=O)N(Cc1c(C)nn(-c2cccc(Cl)c2)c1Oc1ccccc1)CC(C)C. The highest BCUT2D eigenvalue weighted by Gasteiger charge is 2.23. The third kappa shape index (κ3) is 5.18. The molecule has 0 saturated heterocycles. The van der Waals surface area contributed by atoms with E-state index in [0.717, 1.165) is 16.9 Å². The summed E-state index contributed by atoms with van der Waals surface area (Å²) in [5.41, 5.74) is 2.49. The summed E-state index contributed by atoms with van der Waals surface area (Å²) in [4.78, 5) is 14.1. The number of benzene rings is 2. The van der Waals surface area contributed by atoms with E-state index in [4.69, 9.17) is 21.4 Å². The van der Waals surface area contributed by atoms with Crippen LogP contribution in [0.25, 0.3) is 5.69 Å². The zero-order valence-electron chi connectivity index (χ0n) is 17.2. The Morgan fingerprint density at radius 3 is 2.52 bits per heavy atom. The standard InChI is InChI=1S/C23H26ClN3O2/c1-16(2)14-26(18(4)28)15-22-17(3)25-27(20-10-8-9-19(24)13-20)23(22)29-21-11-6-5-7-12-21/h5-13,16H,14-15H2,1-4H3. The van der Waals surface area contributed by atoms with Crippen LogP contribution in [0.15, 0.2) is 54.6 Å². The fourth-order valence-electron chi connectivity index (χ4n) is 3.14. The normalized spacial score (nSPS) is 11.0. The minimum atomic E-state index is 0.0271. The molecule has 1 amide bonds. The Bertz CT molecular complexity index is 983. The number of carbonyl (C=O) groups excluding carboxylic acids is 1. The summed E-state index contributed by atoms with van der Waals surface area (Å²) >= 11 is 6.20. The molecule has 0 saturated carbocycles. The monoisotopic (exact) mass is 411 g/mol. The second kappa shape index (κ2) is 9.14. The van der Waals surface area contributed by atoms with Crippen molar-refractivity contribution in [2.75, 3.05) is 6.54 Å². The Hall–Kier alpha value is -2.79. The number of rotatable bonds is 7. The molecule has 0 aliphatic rings. The molecule has 0 bridgehead atoms. The predicted molar refractivity (Wildman–Crippen MR) is 116 cm³/mol. The first-order chi connectivity index (χ1) is 13.8. The van der Waals surface area contributed by atoms with Crippen LogP contribution in [0, 0.1) is 12.8 Å². The number of ether oxygens (including phenoxy) is 1. The van der Waals surface area contributed by atoms with Crippen molar-refractivity contribution in [3.63, 3.8) is 0 Å². The Morgan fingerprint density at radius 1 is 1.17 bits per heavy atom. The molecule has 3 rings (SSSR count). The molecule has 6 heteroatoms. The molecule has 3 aromatic rings. The molecule has 0 aliphatic heterocycles. The lowest BCUT2D eigenvalue weighted by Crippen LogP contribution is -2.32. The number of amides is 1. The van der Waals surface area contributed by atoms with Gasteiger partial charge in [0.2, 0.25) is 11.8 Å². The van der Waals surface area contributed by atoms with Crippen molar-refractivity contribution in [2.24, 2.45) is 5.92 Å². The second-order valence-electron chi connectivity index (χ2n) is 7.47. The Labute approximate surface area is 176 Å². The minimum Gasteiger partial charge on any atom is -0.439 e. The molecule has 152 valence electrons. The number of hydrogen-bond donors (Lipinski definition) is 0. The van der Waals surface area contributed by atoms with Crippen LogP contribution in [-0.2, 0) is 11.3 Å². The van der Waals surface area contributed by atoms with Gasteiger partial charge >= 0.3 is 0 Å². The summed E-state index contributed by atoms with van der Waals surface area (Å²) in [7, 11) is 0. The lowest BCUT2D eigenvalue weighted by atomic mass is 10.1. The number of aryl methyl sites for hydroxylation is 1. The van der Waals surface area contributed by atoms with Crippen LogP contribution < -0.4 is 4.74 Å². The summed E-state index contributed by atoms with van der Waals surface area (Å²) in [5, 5.41) is 5.32. The minimum absolute atomic E-state index is 0.0271. The quantitative estimate of drug-likeness (QED) is 0.506. The van der Waals surface area contributed by atoms with Crippen molar-refractivity contribution in [1.29, 1.82) is 0 Å². The summed E-state index contributed by atoms with van der Waals surface area (Å²) in [6, 6.07) is 17.0. The molecule has 0 atom stereocenters. The Balaban J connectivity index is 2.08. The van der Waals surface area contributed by atoms with Crippen LogP contribution >= 0.6 is 11.6 Å². The average Bonchev–Trinajstić information content (AvgIpc) is 2.97. The summed E-state index contributed by atoms with van der Waals surface area (Å²) in [5.74, 6) is 1.68. The number of para-hydroxylation sites is 1. The molecule has 0 aliphatic carbocycles. The van der Waals surface area contributed by atoms with Crippen molar-refractivity contribution in [3.8, 4) is 17.3 Å². The van der Waals surface area contributed by atoms with Crippen LogP contribution in [0.5, 0.6) is 11.6 Å². The first kappa shape index (κ1) is 20.9. The van der Waals surface area contributed by atoms with Gasteiger partial charge in [0.1, 0.15) is 5.75 Å². The van der Waals surface area contributed by atoms with Crippen molar-refractivity contribution < 1.29 is 9.53 Å². The highest BCUT2D eigenvalue weighted by atomic mass is 35.5. The van der Waals surface area contributed by atoms with E-state index in [-0.39, 0.29) is 5.91 Å². The zero-order valence-corrected chi connectivity index (χ0v) is 18.0. The molecule has 5 nitrogen and oxygen atoms in total. The van der Waals surface area contributed by atoms with Crippen LogP contribution in [0.1, 0.15) is 32.0 Å². The number of nitrogens with zero attached hydrogens (tertiary/aromatic N) is 3. The maximum atomic E-state index is 12.2. The van der Waals surface area contributed by atoms with Crippen molar-refractivity contribution in [3.05, 3.63) is 70.9 Å². The number of hydrogen-bond acceptors (Lipinski definition) is 3. The largest absolute Gasteiger partial charge is 0.439 e. The van der Waals surface area contributed by atoms with Gasteiger partial charge in [-0.1, -0.05) is 49.7 Å². The Morgan fingerprint density at radius 2 is 1.90 bits per heavy atom. The topological polar surface area (TPSA) is 47.4 Å². The molecule has 0 radical (unpaired) electrons. The first-order valence-corrected chi connectivity index (χ1v) is 10.1. The van der Waals surface area contributed by atoms with Gasteiger partial charge in [-0.25, -0.2) is 4.68 Å². The van der Waals surface area contributed by atoms with E-state index in [1.807, 2.05) is 66.4 Å². The van der Waals surface area contributed by atoms with Gasteiger partial charge in [-0.15, -0.1) is 0 Å². The van der Waals surface area contributed by atoms with Gasteiger partial charge in [0, 0.05) is 18.5 Å². The lowest BCUT2D eigenvalue weighted by Gasteiger charge is -2.23. The molecular weight excluding hydrogens is 386 g/mol. The fraction of sp³-hybridized carbons (Fsp3) is 0.304. The molecule has 0 unspecified atom stereocenters. The lowest BCUT2D eigenvalue weighted by molar-refractivity contribution is -0.130. The summed E-state index contributed by atoms with van der Waals surface area (Å²) in [6.45, 7) is 8.82. The number of aromatic nitrogens is 2. The molecule has 1 heterocycles. The van der Waals surface area contributed by atoms with E-state index in [9.17, 15) is 4.79 Å². The van der Waals surface area contributed by atoms with E-state index in [1.54, 1.807) is 11.6 Å². The molecule has 2 aromatic carbocycles. The predicted octanol–water partition coefficient (Wildman–Crippen LogP) is 5.63. The van der Waals surface area contributed by atoms with E-state index in [1.165, 1.54) is 0 Å². The zero-order chi connectivity index (χ0) is 21.0. The van der Waals surface area contributed by atoms with Crippen molar-refractivity contribution in [2.45, 2.75) is 34.2 Å². The summed E-state index contributed by atoms with van der Waals surface area (Å²) < 4.78 is 8.01. The van der Waals surface area contributed by atoms with Gasteiger partial charge in [-0.2, -0.15) is 5.10 Å². The van der Waals surface area contributed by atoms with E-state index in [0.29, 0.717) is 35.7 Å².